The second-order valence-corrected chi connectivity index (χ2v) is 4.63. The highest BCUT2D eigenvalue weighted by Gasteiger charge is 2.79. The molecule has 0 bridgehead atoms. The molecule has 3 fully saturated rings. The van der Waals surface area contributed by atoms with E-state index in [2.05, 4.69) is 6.92 Å². The molecular weight excluding hydrogens is 152 g/mol. The molecule has 2 saturated carbocycles. The van der Waals surface area contributed by atoms with E-state index < -0.39 is 0 Å². The highest BCUT2D eigenvalue weighted by atomic mass is 16.6. The normalized spacial score (nSPS) is 53.5. The standard InChI is InChI=1S/C10H16O2/c1-7-8(11-2)9(4-3-5-9)10(7)6-12-10/h7-8H,3-6H2,1-2H3. The first-order valence-electron chi connectivity index (χ1n) is 4.94. The van der Waals surface area contributed by atoms with E-state index in [4.69, 9.17) is 9.47 Å². The molecule has 2 nitrogen and oxygen atoms in total. The van der Waals surface area contributed by atoms with Crippen LogP contribution in [0.4, 0.5) is 0 Å². The zero-order valence-electron chi connectivity index (χ0n) is 7.80. The van der Waals surface area contributed by atoms with Crippen molar-refractivity contribution >= 4 is 0 Å². The molecule has 0 radical (unpaired) electrons. The number of rotatable bonds is 1. The number of hydrogen-bond acceptors (Lipinski definition) is 2. The van der Waals surface area contributed by atoms with Gasteiger partial charge >= 0.3 is 0 Å². The first kappa shape index (κ1) is 7.34. The van der Waals surface area contributed by atoms with Crippen molar-refractivity contribution in [3.63, 3.8) is 0 Å². The molecule has 0 aromatic heterocycles. The zero-order chi connectivity index (χ0) is 8.40. The van der Waals surface area contributed by atoms with Crippen LogP contribution in [-0.2, 0) is 9.47 Å². The van der Waals surface area contributed by atoms with Crippen LogP contribution >= 0.6 is 0 Å². The Morgan fingerprint density at radius 1 is 1.42 bits per heavy atom. The molecule has 0 aromatic rings. The second-order valence-electron chi connectivity index (χ2n) is 4.63. The molecular formula is C10H16O2. The van der Waals surface area contributed by atoms with Gasteiger partial charge in [0.2, 0.25) is 0 Å². The second kappa shape index (κ2) is 1.88. The van der Waals surface area contributed by atoms with E-state index in [0.29, 0.717) is 17.4 Å². The Balaban J connectivity index is 1.90. The molecule has 1 heterocycles. The van der Waals surface area contributed by atoms with Gasteiger partial charge in [0.15, 0.2) is 0 Å². The Bertz CT molecular complexity index is 216. The molecule has 0 N–H and O–H groups in total. The minimum Gasteiger partial charge on any atom is -0.380 e. The fourth-order valence-electron chi connectivity index (χ4n) is 3.64. The van der Waals surface area contributed by atoms with E-state index in [-0.39, 0.29) is 5.60 Å². The molecule has 1 saturated heterocycles. The van der Waals surface area contributed by atoms with Crippen LogP contribution in [0, 0.1) is 11.3 Å². The van der Waals surface area contributed by atoms with Crippen molar-refractivity contribution < 1.29 is 9.47 Å². The third kappa shape index (κ3) is 0.495. The van der Waals surface area contributed by atoms with E-state index in [1.54, 1.807) is 0 Å². The summed E-state index contributed by atoms with van der Waals surface area (Å²) < 4.78 is 11.2. The van der Waals surface area contributed by atoms with Gasteiger partial charge in [-0.1, -0.05) is 13.3 Å². The lowest BCUT2D eigenvalue weighted by Crippen LogP contribution is -2.70. The number of ether oxygens (including phenoxy) is 2. The van der Waals surface area contributed by atoms with Gasteiger partial charge in [0.1, 0.15) is 5.60 Å². The summed E-state index contributed by atoms with van der Waals surface area (Å²) in [6.45, 7) is 3.26. The van der Waals surface area contributed by atoms with Gasteiger partial charge in [0.05, 0.1) is 12.7 Å². The maximum atomic E-state index is 5.65. The van der Waals surface area contributed by atoms with Gasteiger partial charge in [-0.25, -0.2) is 0 Å². The third-order valence-electron chi connectivity index (χ3n) is 4.53. The summed E-state index contributed by atoms with van der Waals surface area (Å²) in [6, 6.07) is 0. The minimum absolute atomic E-state index is 0.270. The molecule has 2 spiro atoms. The summed E-state index contributed by atoms with van der Waals surface area (Å²) in [6.07, 6.45) is 4.51. The summed E-state index contributed by atoms with van der Waals surface area (Å²) in [4.78, 5) is 0. The fraction of sp³-hybridized carbons (Fsp3) is 1.00. The van der Waals surface area contributed by atoms with Crippen LogP contribution in [0.2, 0.25) is 0 Å². The lowest BCUT2D eigenvalue weighted by atomic mass is 9.43. The van der Waals surface area contributed by atoms with Crippen LogP contribution in [0.25, 0.3) is 0 Å². The highest BCUT2D eigenvalue weighted by molar-refractivity contribution is 5.27. The Morgan fingerprint density at radius 3 is 2.42 bits per heavy atom. The molecule has 2 aliphatic carbocycles. The SMILES string of the molecule is COC1C(C)C2(CO2)C12CCC2. The Morgan fingerprint density at radius 2 is 2.08 bits per heavy atom. The van der Waals surface area contributed by atoms with E-state index in [1.165, 1.54) is 19.3 Å². The van der Waals surface area contributed by atoms with Crippen LogP contribution in [0.5, 0.6) is 0 Å². The number of methoxy groups -OCH3 is 1. The molecule has 2 heteroatoms. The first-order chi connectivity index (χ1) is 5.77. The van der Waals surface area contributed by atoms with Gasteiger partial charge in [-0.05, 0) is 12.8 Å². The van der Waals surface area contributed by atoms with Crippen LogP contribution in [0.3, 0.4) is 0 Å². The third-order valence-corrected chi connectivity index (χ3v) is 4.53. The van der Waals surface area contributed by atoms with Gasteiger partial charge in [-0.15, -0.1) is 0 Å². The van der Waals surface area contributed by atoms with Gasteiger partial charge < -0.3 is 9.47 Å². The predicted molar refractivity (Wildman–Crippen MR) is 44.9 cm³/mol. The van der Waals surface area contributed by atoms with Gasteiger partial charge in [-0.3, -0.25) is 0 Å². The van der Waals surface area contributed by atoms with Crippen LogP contribution in [0.1, 0.15) is 26.2 Å². The monoisotopic (exact) mass is 168 g/mol. The molecule has 1 aliphatic heterocycles. The van der Waals surface area contributed by atoms with Crippen molar-refractivity contribution in [1.82, 2.24) is 0 Å². The maximum absolute atomic E-state index is 5.65. The quantitative estimate of drug-likeness (QED) is 0.555. The molecule has 68 valence electrons. The van der Waals surface area contributed by atoms with Crippen molar-refractivity contribution in [2.75, 3.05) is 13.7 Å². The molecule has 3 rings (SSSR count). The molecule has 3 atom stereocenters. The largest absolute Gasteiger partial charge is 0.380 e. The van der Waals surface area contributed by atoms with Gasteiger partial charge in [0.25, 0.3) is 0 Å². The smallest absolute Gasteiger partial charge is 0.105 e. The van der Waals surface area contributed by atoms with E-state index in [1.807, 2.05) is 7.11 Å². The first-order valence-corrected chi connectivity index (χ1v) is 4.94. The van der Waals surface area contributed by atoms with Crippen molar-refractivity contribution in [2.45, 2.75) is 37.9 Å². The van der Waals surface area contributed by atoms with Crippen molar-refractivity contribution in [2.24, 2.45) is 11.3 Å². The molecule has 0 aromatic carbocycles. The molecule has 3 unspecified atom stereocenters. The van der Waals surface area contributed by atoms with Crippen molar-refractivity contribution in [3.8, 4) is 0 Å². The van der Waals surface area contributed by atoms with Gasteiger partial charge in [0, 0.05) is 18.4 Å². The highest BCUT2D eigenvalue weighted by Crippen LogP contribution is 2.72. The summed E-state index contributed by atoms with van der Waals surface area (Å²) >= 11 is 0. The Kier molecular flexibility index (Phi) is 1.15. The number of epoxide rings is 1. The van der Waals surface area contributed by atoms with Gasteiger partial charge in [-0.2, -0.15) is 0 Å². The van der Waals surface area contributed by atoms with E-state index in [0.717, 1.165) is 6.61 Å². The van der Waals surface area contributed by atoms with Crippen molar-refractivity contribution in [1.29, 1.82) is 0 Å². The average Bonchev–Trinajstić information content (AvgIpc) is 2.75. The van der Waals surface area contributed by atoms with Crippen LogP contribution in [0.15, 0.2) is 0 Å². The lowest BCUT2D eigenvalue weighted by molar-refractivity contribution is -0.235. The minimum atomic E-state index is 0.270. The molecule has 0 amide bonds. The summed E-state index contributed by atoms with van der Waals surface area (Å²) in [5.74, 6) is 0.628. The summed E-state index contributed by atoms with van der Waals surface area (Å²) in [5, 5.41) is 0. The lowest BCUT2D eigenvalue weighted by Gasteiger charge is -2.63. The Labute approximate surface area is 73.2 Å². The Hall–Kier alpha value is -0.0800. The average molecular weight is 168 g/mol. The van der Waals surface area contributed by atoms with Crippen LogP contribution < -0.4 is 0 Å². The van der Waals surface area contributed by atoms with E-state index in [9.17, 15) is 0 Å². The predicted octanol–water partition coefficient (Wildman–Crippen LogP) is 1.59. The summed E-state index contributed by atoms with van der Waals surface area (Å²) in [7, 11) is 1.84. The number of fused-ring (bicyclic) bond motifs is 1. The van der Waals surface area contributed by atoms with E-state index >= 15 is 0 Å². The topological polar surface area (TPSA) is 21.8 Å². The summed E-state index contributed by atoms with van der Waals surface area (Å²) in [5.41, 5.74) is 0.715. The molecule has 3 aliphatic rings. The number of hydrogen-bond donors (Lipinski definition) is 0. The van der Waals surface area contributed by atoms with Crippen LogP contribution in [-0.4, -0.2) is 25.4 Å². The zero-order valence-corrected chi connectivity index (χ0v) is 7.80. The molecule has 12 heavy (non-hydrogen) atoms. The van der Waals surface area contributed by atoms with Crippen molar-refractivity contribution in [3.05, 3.63) is 0 Å². The maximum Gasteiger partial charge on any atom is 0.105 e. The fourth-order valence-corrected chi connectivity index (χ4v) is 3.64.